The first-order chi connectivity index (χ1) is 19.0. The van der Waals surface area contributed by atoms with Crippen LogP contribution in [0.2, 0.25) is 0 Å². The van der Waals surface area contributed by atoms with Crippen molar-refractivity contribution in [3.05, 3.63) is 66.1 Å². The molecular formula is C30H40N6O3. The Hall–Kier alpha value is -3.56. The van der Waals surface area contributed by atoms with E-state index in [1.807, 2.05) is 37.3 Å². The van der Waals surface area contributed by atoms with Crippen LogP contribution in [0.4, 0.5) is 11.6 Å². The number of pyridine rings is 1. The van der Waals surface area contributed by atoms with Crippen molar-refractivity contribution in [3.8, 4) is 11.3 Å². The molecule has 9 nitrogen and oxygen atoms in total. The SMILES string of the molecule is COC(C)CN(CCCCc1ccc2c(n1)NCCC2)CCC(Nc1cnc(-c2ccccc2)cn1)C(=O)O. The molecule has 0 fully saturated rings. The Labute approximate surface area is 231 Å². The third-order valence-electron chi connectivity index (χ3n) is 7.10. The summed E-state index contributed by atoms with van der Waals surface area (Å²) in [6.07, 6.45) is 8.96. The van der Waals surface area contributed by atoms with Crippen LogP contribution >= 0.6 is 0 Å². The highest BCUT2D eigenvalue weighted by Crippen LogP contribution is 2.20. The first-order valence-electron chi connectivity index (χ1n) is 13.9. The predicted octanol–water partition coefficient (Wildman–Crippen LogP) is 4.51. The standard InChI is InChI=1S/C30H40N6O3/c1-22(39-2)21-36(17-7-6-12-25-14-13-24-11-8-16-31-29(24)34-25)18-15-26(30(37)38)35-28-20-32-27(19-33-28)23-9-4-3-5-10-23/h3-5,9-10,13-14,19-20,22,26H,6-8,11-12,15-18,21H2,1-2H3,(H,31,34)(H,33,35)(H,37,38). The fourth-order valence-electron chi connectivity index (χ4n) is 4.79. The van der Waals surface area contributed by atoms with Gasteiger partial charge in [-0.1, -0.05) is 36.4 Å². The zero-order chi connectivity index (χ0) is 27.5. The Kier molecular flexibility index (Phi) is 10.6. The molecule has 0 saturated carbocycles. The molecule has 4 rings (SSSR count). The lowest BCUT2D eigenvalue weighted by Crippen LogP contribution is -2.38. The second-order valence-electron chi connectivity index (χ2n) is 10.1. The molecule has 39 heavy (non-hydrogen) atoms. The zero-order valence-corrected chi connectivity index (χ0v) is 23.0. The van der Waals surface area contributed by atoms with Gasteiger partial charge in [0, 0.05) is 38.0 Å². The van der Waals surface area contributed by atoms with Crippen molar-refractivity contribution in [1.82, 2.24) is 19.9 Å². The third kappa shape index (κ3) is 8.73. The van der Waals surface area contributed by atoms with Crippen molar-refractivity contribution in [3.63, 3.8) is 0 Å². The smallest absolute Gasteiger partial charge is 0.326 e. The van der Waals surface area contributed by atoms with Crippen LogP contribution < -0.4 is 10.6 Å². The number of methoxy groups -OCH3 is 1. The third-order valence-corrected chi connectivity index (χ3v) is 7.10. The van der Waals surface area contributed by atoms with E-state index in [1.54, 1.807) is 19.5 Å². The average molecular weight is 533 g/mol. The lowest BCUT2D eigenvalue weighted by molar-refractivity contribution is -0.138. The summed E-state index contributed by atoms with van der Waals surface area (Å²) >= 11 is 0. The molecule has 208 valence electrons. The molecule has 1 aromatic carbocycles. The number of nitrogens with zero attached hydrogens (tertiary/aromatic N) is 4. The van der Waals surface area contributed by atoms with Gasteiger partial charge >= 0.3 is 5.97 Å². The van der Waals surface area contributed by atoms with E-state index in [9.17, 15) is 9.90 Å². The number of hydrogen-bond acceptors (Lipinski definition) is 8. The molecule has 3 aromatic rings. The summed E-state index contributed by atoms with van der Waals surface area (Å²) in [6.45, 7) is 5.28. The highest BCUT2D eigenvalue weighted by molar-refractivity contribution is 5.76. The minimum absolute atomic E-state index is 0.0611. The number of unbranched alkanes of at least 4 members (excludes halogenated alkanes) is 1. The van der Waals surface area contributed by atoms with Crippen molar-refractivity contribution in [1.29, 1.82) is 0 Å². The number of carboxylic acids is 1. The fourth-order valence-corrected chi connectivity index (χ4v) is 4.79. The Balaban J connectivity index is 1.28. The Morgan fingerprint density at radius 1 is 1.13 bits per heavy atom. The molecule has 9 heteroatoms. The van der Waals surface area contributed by atoms with E-state index in [0.717, 1.165) is 74.5 Å². The molecule has 3 N–H and O–H groups in total. The number of ether oxygens (including phenoxy) is 1. The van der Waals surface area contributed by atoms with Gasteiger partial charge in [0.2, 0.25) is 0 Å². The lowest BCUT2D eigenvalue weighted by Gasteiger charge is -2.26. The molecular weight excluding hydrogens is 492 g/mol. The van der Waals surface area contributed by atoms with Gasteiger partial charge in [0.05, 0.1) is 24.2 Å². The van der Waals surface area contributed by atoms with Gasteiger partial charge in [0.15, 0.2) is 0 Å². The average Bonchev–Trinajstić information content (AvgIpc) is 2.97. The summed E-state index contributed by atoms with van der Waals surface area (Å²) in [5.41, 5.74) is 4.14. The topological polar surface area (TPSA) is 113 Å². The number of benzene rings is 1. The molecule has 1 aliphatic rings. The number of aliphatic carboxylic acids is 1. The minimum Gasteiger partial charge on any atom is -0.480 e. The van der Waals surface area contributed by atoms with Crippen LogP contribution in [0.5, 0.6) is 0 Å². The van der Waals surface area contributed by atoms with Gasteiger partial charge in [-0.3, -0.25) is 4.98 Å². The lowest BCUT2D eigenvalue weighted by atomic mass is 10.1. The monoisotopic (exact) mass is 532 g/mol. The van der Waals surface area contributed by atoms with Gasteiger partial charge in [0.1, 0.15) is 17.7 Å². The van der Waals surface area contributed by atoms with Crippen LogP contribution in [0.1, 0.15) is 43.9 Å². The van der Waals surface area contributed by atoms with Crippen molar-refractivity contribution in [2.45, 2.75) is 57.6 Å². The number of carboxylic acid groups (broad SMARTS) is 1. The maximum absolute atomic E-state index is 12.0. The van der Waals surface area contributed by atoms with Crippen LogP contribution in [0.15, 0.2) is 54.9 Å². The van der Waals surface area contributed by atoms with E-state index in [-0.39, 0.29) is 6.10 Å². The van der Waals surface area contributed by atoms with E-state index in [2.05, 4.69) is 37.6 Å². The van der Waals surface area contributed by atoms with Gasteiger partial charge in [-0.15, -0.1) is 0 Å². The highest BCUT2D eigenvalue weighted by atomic mass is 16.5. The maximum atomic E-state index is 12.0. The molecule has 1 aliphatic heterocycles. The van der Waals surface area contributed by atoms with E-state index in [0.29, 0.717) is 18.8 Å². The van der Waals surface area contributed by atoms with Crippen LogP contribution in [0, 0.1) is 0 Å². The molecule has 0 spiro atoms. The van der Waals surface area contributed by atoms with Crippen molar-refractivity contribution < 1.29 is 14.6 Å². The van der Waals surface area contributed by atoms with E-state index < -0.39 is 12.0 Å². The van der Waals surface area contributed by atoms with Crippen molar-refractivity contribution in [2.24, 2.45) is 0 Å². The van der Waals surface area contributed by atoms with E-state index in [1.165, 1.54) is 5.56 Å². The summed E-state index contributed by atoms with van der Waals surface area (Å²) < 4.78 is 5.50. The number of aromatic nitrogens is 3. The number of aryl methyl sites for hydroxylation is 2. The second-order valence-corrected chi connectivity index (χ2v) is 10.1. The van der Waals surface area contributed by atoms with Crippen molar-refractivity contribution >= 4 is 17.6 Å². The molecule has 0 bridgehead atoms. The largest absolute Gasteiger partial charge is 0.480 e. The summed E-state index contributed by atoms with van der Waals surface area (Å²) in [4.78, 5) is 28.0. The van der Waals surface area contributed by atoms with Gasteiger partial charge in [-0.2, -0.15) is 0 Å². The summed E-state index contributed by atoms with van der Waals surface area (Å²) in [7, 11) is 1.71. The molecule has 0 radical (unpaired) electrons. The zero-order valence-electron chi connectivity index (χ0n) is 23.0. The number of rotatable bonds is 15. The first-order valence-corrected chi connectivity index (χ1v) is 13.9. The van der Waals surface area contributed by atoms with Gasteiger partial charge in [-0.25, -0.2) is 14.8 Å². The molecule has 0 amide bonds. The summed E-state index contributed by atoms with van der Waals surface area (Å²) in [5.74, 6) is 0.586. The Morgan fingerprint density at radius 2 is 1.97 bits per heavy atom. The Morgan fingerprint density at radius 3 is 2.72 bits per heavy atom. The van der Waals surface area contributed by atoms with Gasteiger partial charge in [-0.05, 0) is 63.6 Å². The maximum Gasteiger partial charge on any atom is 0.326 e. The van der Waals surface area contributed by atoms with Crippen LogP contribution in [0.25, 0.3) is 11.3 Å². The van der Waals surface area contributed by atoms with E-state index in [4.69, 9.17) is 9.72 Å². The van der Waals surface area contributed by atoms with E-state index >= 15 is 0 Å². The highest BCUT2D eigenvalue weighted by Gasteiger charge is 2.20. The molecule has 0 aliphatic carbocycles. The number of fused-ring (bicyclic) bond motifs is 1. The molecule has 0 saturated heterocycles. The van der Waals surface area contributed by atoms with Crippen LogP contribution in [-0.4, -0.2) is 76.4 Å². The normalized spacial score (nSPS) is 14.3. The number of nitrogens with one attached hydrogen (secondary N) is 2. The molecule has 2 atom stereocenters. The number of carbonyl (C=O) groups is 1. The Bertz CT molecular complexity index is 1180. The number of anilines is 2. The minimum atomic E-state index is -0.907. The van der Waals surface area contributed by atoms with Crippen molar-refractivity contribution in [2.75, 3.05) is 43.9 Å². The molecule has 3 heterocycles. The summed E-state index contributed by atoms with van der Waals surface area (Å²) in [6, 6.07) is 13.4. The van der Waals surface area contributed by atoms with Crippen LogP contribution in [-0.2, 0) is 22.4 Å². The van der Waals surface area contributed by atoms with Gasteiger partial charge < -0.3 is 25.4 Å². The molecule has 2 aromatic heterocycles. The second kappa shape index (κ2) is 14.6. The number of hydrogen-bond donors (Lipinski definition) is 3. The first kappa shape index (κ1) is 28.4. The van der Waals surface area contributed by atoms with Gasteiger partial charge in [0.25, 0.3) is 0 Å². The quantitative estimate of drug-likeness (QED) is 0.243. The predicted molar refractivity (Wildman–Crippen MR) is 154 cm³/mol. The molecule has 2 unspecified atom stereocenters. The van der Waals surface area contributed by atoms with Crippen LogP contribution in [0.3, 0.4) is 0 Å². The summed E-state index contributed by atoms with van der Waals surface area (Å²) in [5, 5.41) is 16.3. The fraction of sp³-hybridized carbons (Fsp3) is 0.467.